The van der Waals surface area contributed by atoms with Gasteiger partial charge in [0.2, 0.25) is 0 Å². The highest BCUT2D eigenvalue weighted by Crippen LogP contribution is 2.31. The lowest BCUT2D eigenvalue weighted by Gasteiger charge is -2.25. The minimum absolute atomic E-state index is 0.000386. The molecule has 0 saturated carbocycles. The molecule has 1 atom stereocenters. The van der Waals surface area contributed by atoms with Gasteiger partial charge < -0.3 is 5.11 Å². The maximum atomic E-state index is 10.6. The quantitative estimate of drug-likeness (QED) is 0.913. The lowest BCUT2D eigenvalue weighted by molar-refractivity contribution is 0.176. The molecular formula is C17H20ClNO. The minimum atomic E-state index is -0.565. The average molecular weight is 290 g/mol. The Balaban J connectivity index is 2.31. The zero-order valence-electron chi connectivity index (χ0n) is 12.1. The van der Waals surface area contributed by atoms with Gasteiger partial charge in [-0.05, 0) is 28.2 Å². The number of pyridine rings is 1. The van der Waals surface area contributed by atoms with Gasteiger partial charge in [-0.15, -0.1) is 0 Å². The van der Waals surface area contributed by atoms with E-state index in [2.05, 4.69) is 31.8 Å². The van der Waals surface area contributed by atoms with Crippen molar-refractivity contribution in [3.8, 4) is 0 Å². The molecule has 0 saturated heterocycles. The fourth-order valence-corrected chi connectivity index (χ4v) is 2.55. The number of benzene rings is 1. The monoisotopic (exact) mass is 289 g/mol. The van der Waals surface area contributed by atoms with E-state index in [1.165, 1.54) is 0 Å². The van der Waals surface area contributed by atoms with E-state index in [-0.39, 0.29) is 5.41 Å². The molecule has 3 heteroatoms. The Labute approximate surface area is 125 Å². The Kier molecular flexibility index (Phi) is 4.46. The number of aliphatic hydroxyl groups is 1. The van der Waals surface area contributed by atoms with Crippen molar-refractivity contribution in [2.24, 2.45) is 0 Å². The van der Waals surface area contributed by atoms with E-state index < -0.39 is 6.10 Å². The van der Waals surface area contributed by atoms with Gasteiger partial charge >= 0.3 is 0 Å². The standard InChI is InChI=1S/C17H20ClNO/c1-17(2,3)14-7-5-4-6-13(14)16(20)10-12-8-9-19-11-15(12)18/h4-9,11,16,20H,10H2,1-3H3. The smallest absolute Gasteiger partial charge is 0.0833 e. The highest BCUT2D eigenvalue weighted by atomic mass is 35.5. The van der Waals surface area contributed by atoms with Crippen LogP contribution in [0.5, 0.6) is 0 Å². The summed E-state index contributed by atoms with van der Waals surface area (Å²) in [6.45, 7) is 6.45. The molecule has 2 rings (SSSR count). The zero-order valence-corrected chi connectivity index (χ0v) is 12.9. The average Bonchev–Trinajstić information content (AvgIpc) is 2.40. The Morgan fingerprint density at radius 3 is 2.55 bits per heavy atom. The molecule has 2 nitrogen and oxygen atoms in total. The van der Waals surface area contributed by atoms with E-state index in [1.807, 2.05) is 24.3 Å². The summed E-state index contributed by atoms with van der Waals surface area (Å²) < 4.78 is 0. The number of aromatic nitrogens is 1. The molecule has 1 N–H and O–H groups in total. The Morgan fingerprint density at radius 1 is 1.20 bits per heavy atom. The summed E-state index contributed by atoms with van der Waals surface area (Å²) in [5.74, 6) is 0. The number of hydrogen-bond donors (Lipinski definition) is 1. The Bertz CT molecular complexity index is 590. The summed E-state index contributed by atoms with van der Waals surface area (Å²) >= 11 is 6.11. The summed E-state index contributed by atoms with van der Waals surface area (Å²) in [5.41, 5.74) is 3.04. The molecule has 0 spiro atoms. The molecule has 1 aromatic heterocycles. The minimum Gasteiger partial charge on any atom is -0.388 e. The molecule has 1 heterocycles. The second-order valence-corrected chi connectivity index (χ2v) is 6.43. The van der Waals surface area contributed by atoms with Gasteiger partial charge in [0.05, 0.1) is 11.1 Å². The molecule has 0 aliphatic heterocycles. The van der Waals surface area contributed by atoms with E-state index in [1.54, 1.807) is 12.4 Å². The molecule has 20 heavy (non-hydrogen) atoms. The third-order valence-corrected chi connectivity index (χ3v) is 3.74. The van der Waals surface area contributed by atoms with Crippen LogP contribution in [-0.4, -0.2) is 10.1 Å². The van der Waals surface area contributed by atoms with Crippen LogP contribution in [0.2, 0.25) is 5.02 Å². The predicted molar refractivity (Wildman–Crippen MR) is 83.1 cm³/mol. The third-order valence-electron chi connectivity index (χ3n) is 3.40. The second-order valence-electron chi connectivity index (χ2n) is 6.02. The molecule has 0 radical (unpaired) electrons. The lowest BCUT2D eigenvalue weighted by atomic mass is 9.81. The van der Waals surface area contributed by atoms with Crippen LogP contribution >= 0.6 is 11.6 Å². The van der Waals surface area contributed by atoms with E-state index in [0.717, 1.165) is 16.7 Å². The van der Waals surface area contributed by atoms with Crippen LogP contribution in [0.4, 0.5) is 0 Å². The molecule has 0 aliphatic carbocycles. The van der Waals surface area contributed by atoms with Crippen molar-refractivity contribution in [1.82, 2.24) is 4.98 Å². The molecule has 1 aromatic carbocycles. The highest BCUT2D eigenvalue weighted by Gasteiger charge is 2.21. The van der Waals surface area contributed by atoms with Crippen LogP contribution in [0.25, 0.3) is 0 Å². The maximum Gasteiger partial charge on any atom is 0.0833 e. The van der Waals surface area contributed by atoms with E-state index >= 15 is 0 Å². The summed E-state index contributed by atoms with van der Waals surface area (Å²) in [5, 5.41) is 11.2. The molecule has 0 amide bonds. The van der Waals surface area contributed by atoms with Crippen LogP contribution in [0.3, 0.4) is 0 Å². The van der Waals surface area contributed by atoms with Crippen LogP contribution in [-0.2, 0) is 11.8 Å². The van der Waals surface area contributed by atoms with Gasteiger partial charge in [0.15, 0.2) is 0 Å². The van der Waals surface area contributed by atoms with E-state index in [0.29, 0.717) is 11.4 Å². The van der Waals surface area contributed by atoms with Gasteiger partial charge in [-0.2, -0.15) is 0 Å². The van der Waals surface area contributed by atoms with Crippen LogP contribution in [0, 0.1) is 0 Å². The predicted octanol–water partition coefficient (Wildman–Crippen LogP) is 4.31. The normalized spacial score (nSPS) is 13.2. The fraction of sp³-hybridized carbons (Fsp3) is 0.353. The number of nitrogens with zero attached hydrogens (tertiary/aromatic N) is 1. The third kappa shape index (κ3) is 3.38. The van der Waals surface area contributed by atoms with Gasteiger partial charge in [0.25, 0.3) is 0 Å². The summed E-state index contributed by atoms with van der Waals surface area (Å²) in [6, 6.07) is 9.89. The summed E-state index contributed by atoms with van der Waals surface area (Å²) in [7, 11) is 0. The first-order valence-electron chi connectivity index (χ1n) is 6.75. The van der Waals surface area contributed by atoms with Gasteiger partial charge in [-0.25, -0.2) is 0 Å². The van der Waals surface area contributed by atoms with Crippen molar-refractivity contribution in [2.75, 3.05) is 0 Å². The molecular weight excluding hydrogens is 270 g/mol. The van der Waals surface area contributed by atoms with E-state index in [9.17, 15) is 5.11 Å². The molecule has 2 aromatic rings. The van der Waals surface area contributed by atoms with Gasteiger partial charge in [0, 0.05) is 18.8 Å². The van der Waals surface area contributed by atoms with Gasteiger partial charge in [0.1, 0.15) is 0 Å². The fourth-order valence-electron chi connectivity index (χ4n) is 2.36. The SMILES string of the molecule is CC(C)(C)c1ccccc1C(O)Cc1ccncc1Cl. The largest absolute Gasteiger partial charge is 0.388 e. The zero-order chi connectivity index (χ0) is 14.8. The summed E-state index contributed by atoms with van der Waals surface area (Å²) in [4.78, 5) is 3.97. The van der Waals surface area contributed by atoms with Crippen molar-refractivity contribution in [1.29, 1.82) is 0 Å². The first kappa shape index (κ1) is 15.0. The second kappa shape index (κ2) is 5.94. The lowest BCUT2D eigenvalue weighted by Crippen LogP contribution is -2.17. The van der Waals surface area contributed by atoms with Crippen molar-refractivity contribution in [3.05, 3.63) is 64.4 Å². The first-order chi connectivity index (χ1) is 9.39. The van der Waals surface area contributed by atoms with Crippen LogP contribution in [0.1, 0.15) is 43.6 Å². The van der Waals surface area contributed by atoms with Gasteiger partial charge in [-0.1, -0.05) is 56.6 Å². The van der Waals surface area contributed by atoms with Crippen LogP contribution in [0.15, 0.2) is 42.7 Å². The van der Waals surface area contributed by atoms with Crippen molar-refractivity contribution in [3.63, 3.8) is 0 Å². The Morgan fingerprint density at radius 2 is 1.90 bits per heavy atom. The molecule has 0 fully saturated rings. The van der Waals surface area contributed by atoms with Gasteiger partial charge in [-0.3, -0.25) is 4.98 Å². The molecule has 0 bridgehead atoms. The number of aliphatic hydroxyl groups excluding tert-OH is 1. The number of hydrogen-bond acceptors (Lipinski definition) is 2. The first-order valence-corrected chi connectivity index (χ1v) is 7.13. The number of halogens is 1. The van der Waals surface area contributed by atoms with E-state index in [4.69, 9.17) is 11.6 Å². The molecule has 106 valence electrons. The van der Waals surface area contributed by atoms with Crippen molar-refractivity contribution in [2.45, 2.75) is 38.7 Å². The molecule has 0 aliphatic rings. The van der Waals surface area contributed by atoms with Crippen molar-refractivity contribution < 1.29 is 5.11 Å². The number of rotatable bonds is 3. The van der Waals surface area contributed by atoms with Crippen molar-refractivity contribution >= 4 is 11.6 Å². The summed E-state index contributed by atoms with van der Waals surface area (Å²) in [6.07, 6.45) is 3.24. The maximum absolute atomic E-state index is 10.6. The highest BCUT2D eigenvalue weighted by molar-refractivity contribution is 6.31. The van der Waals surface area contributed by atoms with Crippen LogP contribution < -0.4 is 0 Å². The Hall–Kier alpha value is -1.38. The topological polar surface area (TPSA) is 33.1 Å². The molecule has 1 unspecified atom stereocenters.